The van der Waals surface area contributed by atoms with Crippen molar-refractivity contribution in [3.63, 3.8) is 0 Å². The first-order valence-corrected chi connectivity index (χ1v) is 8.33. The largest absolute Gasteiger partial charge is 0.428 e. The van der Waals surface area contributed by atoms with E-state index in [1.54, 1.807) is 14.2 Å². The van der Waals surface area contributed by atoms with Crippen molar-refractivity contribution in [1.82, 2.24) is 4.98 Å². The molecule has 1 N–H and O–H groups in total. The Bertz CT molecular complexity index is 207. The van der Waals surface area contributed by atoms with Gasteiger partial charge in [0.05, 0.1) is 0 Å². The van der Waals surface area contributed by atoms with Crippen LogP contribution in [0.5, 0.6) is 0 Å². The minimum atomic E-state index is -2.22. The van der Waals surface area contributed by atoms with Crippen LogP contribution in [0.25, 0.3) is 0 Å². The van der Waals surface area contributed by atoms with Crippen LogP contribution in [0.3, 0.4) is 0 Å². The van der Waals surface area contributed by atoms with Crippen LogP contribution in [0.2, 0.25) is 5.54 Å². The molecule has 0 bridgehead atoms. The molecule has 1 rings (SSSR count). The zero-order valence-electron chi connectivity index (χ0n) is 11.4. The highest BCUT2D eigenvalue weighted by Gasteiger charge is 2.48. The van der Waals surface area contributed by atoms with Crippen molar-refractivity contribution in [2.45, 2.75) is 58.0 Å². The molecule has 1 aliphatic rings. The maximum Gasteiger partial charge on any atom is 0.428 e. The maximum atomic E-state index is 5.81. The fourth-order valence-electron chi connectivity index (χ4n) is 2.89. The third-order valence-corrected chi connectivity index (χ3v) is 7.72. The van der Waals surface area contributed by atoms with Crippen LogP contribution in [-0.4, -0.2) is 29.0 Å². The average molecular weight is 245 g/mol. The van der Waals surface area contributed by atoms with E-state index in [9.17, 15) is 0 Å². The minimum Gasteiger partial charge on any atom is -0.386 e. The summed E-state index contributed by atoms with van der Waals surface area (Å²) < 4.78 is 11.6. The van der Waals surface area contributed by atoms with Crippen molar-refractivity contribution in [3.05, 3.63) is 0 Å². The molecule has 96 valence electrons. The van der Waals surface area contributed by atoms with Gasteiger partial charge in [-0.1, -0.05) is 40.0 Å². The van der Waals surface area contributed by atoms with E-state index >= 15 is 0 Å². The topological polar surface area (TPSA) is 30.5 Å². The molecular weight excluding hydrogens is 218 g/mol. The normalized spacial score (nSPS) is 27.4. The molecule has 0 saturated heterocycles. The van der Waals surface area contributed by atoms with E-state index in [-0.39, 0.29) is 0 Å². The van der Waals surface area contributed by atoms with Gasteiger partial charge in [0.2, 0.25) is 0 Å². The third kappa shape index (κ3) is 3.06. The summed E-state index contributed by atoms with van der Waals surface area (Å²) >= 11 is 0. The molecule has 2 unspecified atom stereocenters. The lowest BCUT2D eigenvalue weighted by atomic mass is 9.90. The van der Waals surface area contributed by atoms with E-state index in [0.717, 1.165) is 0 Å². The number of hydrogen-bond acceptors (Lipinski definition) is 3. The summed E-state index contributed by atoms with van der Waals surface area (Å²) in [6.07, 6.45) is 5.23. The molecule has 16 heavy (non-hydrogen) atoms. The summed E-state index contributed by atoms with van der Waals surface area (Å²) in [6.45, 7) is 6.66. The Morgan fingerprint density at radius 1 is 1.12 bits per heavy atom. The van der Waals surface area contributed by atoms with Gasteiger partial charge in [0.15, 0.2) is 0 Å². The van der Waals surface area contributed by atoms with Gasteiger partial charge in [-0.15, -0.1) is 0 Å². The molecule has 0 aromatic carbocycles. The second-order valence-corrected chi connectivity index (χ2v) is 8.42. The second-order valence-electron chi connectivity index (χ2n) is 5.24. The predicted octanol–water partition coefficient (Wildman–Crippen LogP) is 2.80. The van der Waals surface area contributed by atoms with Crippen molar-refractivity contribution in [2.24, 2.45) is 5.92 Å². The van der Waals surface area contributed by atoms with Crippen molar-refractivity contribution >= 4 is 8.72 Å². The first-order valence-electron chi connectivity index (χ1n) is 6.43. The molecule has 3 nitrogen and oxygen atoms in total. The van der Waals surface area contributed by atoms with Crippen LogP contribution in [0.1, 0.15) is 46.5 Å². The average Bonchev–Trinajstić information content (AvgIpc) is 2.26. The van der Waals surface area contributed by atoms with Crippen LogP contribution in [0.4, 0.5) is 0 Å². The fourth-order valence-corrected chi connectivity index (χ4v) is 6.42. The lowest BCUT2D eigenvalue weighted by Gasteiger charge is -2.41. The Labute approximate surface area is 101 Å². The maximum absolute atomic E-state index is 5.81. The quantitative estimate of drug-likeness (QED) is 0.756. The van der Waals surface area contributed by atoms with E-state index < -0.39 is 8.72 Å². The van der Waals surface area contributed by atoms with Crippen LogP contribution < -0.4 is 4.98 Å². The molecular formula is C12H27NO2Si. The summed E-state index contributed by atoms with van der Waals surface area (Å²) in [5.74, 6) is 0.714. The van der Waals surface area contributed by atoms with Gasteiger partial charge in [-0.3, -0.25) is 4.98 Å². The number of nitrogens with one attached hydrogen (secondary N) is 1. The van der Waals surface area contributed by atoms with Gasteiger partial charge in [0.1, 0.15) is 0 Å². The van der Waals surface area contributed by atoms with Gasteiger partial charge in [-0.25, -0.2) is 0 Å². The molecule has 1 saturated carbocycles. The first-order chi connectivity index (χ1) is 7.55. The van der Waals surface area contributed by atoms with Crippen LogP contribution >= 0.6 is 0 Å². The number of hydrogen-bond donors (Lipinski definition) is 1. The van der Waals surface area contributed by atoms with Gasteiger partial charge in [-0.05, 0) is 18.4 Å². The molecule has 1 aliphatic carbocycles. The van der Waals surface area contributed by atoms with Crippen LogP contribution in [-0.2, 0) is 8.85 Å². The highest BCUT2D eigenvalue weighted by Crippen LogP contribution is 2.40. The van der Waals surface area contributed by atoms with Crippen LogP contribution in [0.15, 0.2) is 0 Å². The summed E-state index contributed by atoms with van der Waals surface area (Å²) in [7, 11) is 1.38. The second kappa shape index (κ2) is 6.14. The lowest BCUT2D eigenvalue weighted by molar-refractivity contribution is 0.183. The predicted molar refractivity (Wildman–Crippen MR) is 69.4 cm³/mol. The summed E-state index contributed by atoms with van der Waals surface area (Å²) in [5, 5.41) is 0. The smallest absolute Gasteiger partial charge is 0.386 e. The lowest BCUT2D eigenvalue weighted by Crippen LogP contribution is -2.62. The molecule has 2 atom stereocenters. The Hall–Kier alpha value is 0.0969. The highest BCUT2D eigenvalue weighted by molar-refractivity contribution is 6.66. The number of rotatable bonds is 5. The Morgan fingerprint density at radius 2 is 1.69 bits per heavy atom. The van der Waals surface area contributed by atoms with Crippen molar-refractivity contribution in [2.75, 3.05) is 14.2 Å². The molecule has 4 heteroatoms. The zero-order valence-corrected chi connectivity index (χ0v) is 12.4. The van der Waals surface area contributed by atoms with Crippen molar-refractivity contribution in [3.8, 4) is 0 Å². The van der Waals surface area contributed by atoms with E-state index in [4.69, 9.17) is 8.85 Å². The molecule has 0 aromatic rings. The van der Waals surface area contributed by atoms with Crippen molar-refractivity contribution < 1.29 is 8.85 Å². The van der Waals surface area contributed by atoms with Crippen molar-refractivity contribution in [1.29, 1.82) is 0 Å². The van der Waals surface area contributed by atoms with Gasteiger partial charge >= 0.3 is 8.72 Å². The molecule has 0 aliphatic heterocycles. The highest BCUT2D eigenvalue weighted by atomic mass is 28.4. The Kier molecular flexibility index (Phi) is 5.44. The Balaban J connectivity index is 2.80. The molecule has 0 heterocycles. The van der Waals surface area contributed by atoms with E-state index in [1.807, 2.05) is 0 Å². The van der Waals surface area contributed by atoms with Gasteiger partial charge in [0.25, 0.3) is 0 Å². The zero-order chi connectivity index (χ0) is 12.2. The van der Waals surface area contributed by atoms with Gasteiger partial charge < -0.3 is 8.85 Å². The van der Waals surface area contributed by atoms with Gasteiger partial charge in [0, 0.05) is 19.8 Å². The summed E-state index contributed by atoms with van der Waals surface area (Å²) in [5.41, 5.74) is 0.582. The molecule has 0 aromatic heterocycles. The third-order valence-electron chi connectivity index (χ3n) is 3.70. The molecule has 1 fully saturated rings. The molecule has 0 radical (unpaired) electrons. The minimum absolute atomic E-state index is 0.417. The van der Waals surface area contributed by atoms with E-state index in [0.29, 0.717) is 17.5 Å². The monoisotopic (exact) mass is 245 g/mol. The Morgan fingerprint density at radius 3 is 2.12 bits per heavy atom. The van der Waals surface area contributed by atoms with Gasteiger partial charge in [-0.2, -0.15) is 0 Å². The summed E-state index contributed by atoms with van der Waals surface area (Å²) in [6, 6.07) is 0.417. The fraction of sp³-hybridized carbons (Fsp3) is 1.00. The van der Waals surface area contributed by atoms with E-state index in [2.05, 4.69) is 25.8 Å². The van der Waals surface area contributed by atoms with E-state index in [1.165, 1.54) is 25.7 Å². The SMILES string of the molecule is CO[Si](NC(C)C)(OC)C1CCCCC1C. The molecule has 0 spiro atoms. The molecule has 0 amide bonds. The van der Waals surface area contributed by atoms with Crippen LogP contribution in [0, 0.1) is 5.92 Å². The first kappa shape index (κ1) is 14.2. The standard InChI is InChI=1S/C12H27NO2Si/c1-10(2)13-16(14-4,15-5)12-9-7-6-8-11(12)3/h10-13H,6-9H2,1-5H3. The summed E-state index contributed by atoms with van der Waals surface area (Å²) in [4.78, 5) is 3.59.